The van der Waals surface area contributed by atoms with Crippen LogP contribution in [0.15, 0.2) is 48.8 Å². The molecule has 0 amide bonds. The van der Waals surface area contributed by atoms with Crippen molar-refractivity contribution in [1.29, 1.82) is 5.41 Å². The Kier molecular flexibility index (Phi) is 14.9. The SMILES string of the molecule is C.N=C(N)CN.Nc1n[nH]c(-c2ccccn2)n1.O=C(O)c1ccccn1.O=S(=O)(O)O. The molecule has 0 aliphatic heterocycles. The van der Waals surface area contributed by atoms with Gasteiger partial charge in [-0.25, -0.2) is 9.78 Å². The number of carboxylic acid groups (broad SMARTS) is 1. The topological polar surface area (TPSA) is 281 Å². The van der Waals surface area contributed by atoms with Crippen LogP contribution in [0.25, 0.3) is 11.5 Å². The second kappa shape index (κ2) is 15.8. The third-order valence-electron chi connectivity index (χ3n) is 2.51. The molecular weight excluding hydrogens is 446 g/mol. The molecule has 0 bridgehead atoms. The zero-order chi connectivity index (χ0) is 23.9. The molecule has 0 radical (unpaired) electrons. The highest BCUT2D eigenvalue weighted by Crippen LogP contribution is 2.09. The second-order valence-corrected chi connectivity index (χ2v) is 5.85. The fraction of sp³-hybridized carbons (Fsp3) is 0.125. The molecule has 16 heteroatoms. The monoisotopic (exact) mass is 471 g/mol. The largest absolute Gasteiger partial charge is 0.477 e. The standard InChI is InChI=1S/C7H7N5.C6H5NO2.C2H7N3.CH4.H2O4S/c8-7-10-6(11-12-7)5-3-1-2-4-9-5;8-6(9)5-3-1-2-4-7-5;3-1-2(4)5;;1-5(2,3)4/h1-4H,(H3,8,10,11,12);1-4H,(H,8,9);1,3H2,(H3,4,5);1H4;(H2,1,2,3,4). The summed E-state index contributed by atoms with van der Waals surface area (Å²) in [7, 11) is -4.67. The zero-order valence-electron chi connectivity index (χ0n) is 15.8. The van der Waals surface area contributed by atoms with Crippen molar-refractivity contribution in [2.24, 2.45) is 11.5 Å². The highest BCUT2D eigenvalue weighted by atomic mass is 32.3. The number of rotatable bonds is 3. The summed E-state index contributed by atoms with van der Waals surface area (Å²) < 4.78 is 31.6. The highest BCUT2D eigenvalue weighted by Gasteiger charge is 2.02. The Bertz CT molecular complexity index is 1020. The molecule has 0 saturated heterocycles. The van der Waals surface area contributed by atoms with Gasteiger partial charge in [0, 0.05) is 12.4 Å². The van der Waals surface area contributed by atoms with Crippen LogP contribution in [-0.4, -0.2) is 66.1 Å². The number of hydrogen-bond acceptors (Lipinski definition) is 10. The third kappa shape index (κ3) is 16.9. The number of amidine groups is 1. The fourth-order valence-corrected chi connectivity index (χ4v) is 1.38. The van der Waals surface area contributed by atoms with Crippen molar-refractivity contribution in [1.82, 2.24) is 25.1 Å². The summed E-state index contributed by atoms with van der Waals surface area (Å²) in [6, 6.07) is 10.3. The molecule has 0 saturated carbocycles. The Morgan fingerprint density at radius 2 is 1.59 bits per heavy atom. The molecule has 0 fully saturated rings. The normalized spacial score (nSPS) is 9.22. The molecule has 3 aromatic heterocycles. The van der Waals surface area contributed by atoms with Crippen molar-refractivity contribution in [3.8, 4) is 11.5 Å². The predicted octanol–water partition coefficient (Wildman–Crippen LogP) is 0.0931. The summed E-state index contributed by atoms with van der Waals surface area (Å²) in [5, 5.41) is 21.1. The van der Waals surface area contributed by atoms with Gasteiger partial charge in [-0.3, -0.25) is 24.6 Å². The number of nitrogen functional groups attached to an aromatic ring is 1. The summed E-state index contributed by atoms with van der Waals surface area (Å²) in [6.45, 7) is 0.167. The van der Waals surface area contributed by atoms with Gasteiger partial charge < -0.3 is 22.3 Å². The number of carboxylic acids is 1. The summed E-state index contributed by atoms with van der Waals surface area (Å²) in [5.41, 5.74) is 15.7. The molecule has 176 valence electrons. The lowest BCUT2D eigenvalue weighted by molar-refractivity contribution is 0.0690. The van der Waals surface area contributed by atoms with E-state index >= 15 is 0 Å². The van der Waals surface area contributed by atoms with Crippen LogP contribution in [0.2, 0.25) is 0 Å². The summed E-state index contributed by atoms with van der Waals surface area (Å²) in [6.07, 6.45) is 3.14. The van der Waals surface area contributed by atoms with E-state index in [0.717, 1.165) is 5.69 Å². The van der Waals surface area contributed by atoms with Gasteiger partial charge in [0.25, 0.3) is 0 Å². The van der Waals surface area contributed by atoms with Crippen molar-refractivity contribution >= 4 is 28.2 Å². The first-order valence-corrected chi connectivity index (χ1v) is 9.30. The number of aromatic amines is 1. The van der Waals surface area contributed by atoms with E-state index in [0.29, 0.717) is 5.82 Å². The maximum Gasteiger partial charge on any atom is 0.394 e. The summed E-state index contributed by atoms with van der Waals surface area (Å²) >= 11 is 0. The van der Waals surface area contributed by atoms with Crippen molar-refractivity contribution in [3.05, 3.63) is 54.5 Å². The summed E-state index contributed by atoms with van der Waals surface area (Å²) in [4.78, 5) is 21.7. The first kappa shape index (κ1) is 30.2. The Morgan fingerprint density at radius 3 is 1.88 bits per heavy atom. The number of H-pyrrole nitrogens is 1. The lowest BCUT2D eigenvalue weighted by atomic mass is 10.3. The lowest BCUT2D eigenvalue weighted by Gasteiger charge is -1.90. The first-order valence-electron chi connectivity index (χ1n) is 7.90. The quantitative estimate of drug-likeness (QED) is 0.143. The van der Waals surface area contributed by atoms with Gasteiger partial charge in [-0.05, 0) is 24.3 Å². The van der Waals surface area contributed by atoms with Gasteiger partial charge in [0.2, 0.25) is 5.95 Å². The van der Waals surface area contributed by atoms with Gasteiger partial charge in [0.15, 0.2) is 5.82 Å². The second-order valence-electron chi connectivity index (χ2n) is 4.95. The van der Waals surface area contributed by atoms with E-state index in [1.807, 2.05) is 18.2 Å². The number of anilines is 1. The first-order chi connectivity index (χ1) is 14.4. The van der Waals surface area contributed by atoms with Gasteiger partial charge >= 0.3 is 16.4 Å². The third-order valence-corrected chi connectivity index (χ3v) is 2.51. The average Bonchev–Trinajstić information content (AvgIpc) is 3.15. The number of aromatic carboxylic acids is 1. The van der Waals surface area contributed by atoms with Crippen LogP contribution in [-0.2, 0) is 10.4 Å². The Morgan fingerprint density at radius 1 is 1.09 bits per heavy atom. The van der Waals surface area contributed by atoms with Gasteiger partial charge in [-0.15, -0.1) is 5.10 Å². The molecule has 0 aliphatic rings. The molecule has 15 nitrogen and oxygen atoms in total. The lowest BCUT2D eigenvalue weighted by Crippen LogP contribution is -2.20. The van der Waals surface area contributed by atoms with E-state index < -0.39 is 16.4 Å². The predicted molar refractivity (Wildman–Crippen MR) is 117 cm³/mol. The van der Waals surface area contributed by atoms with E-state index in [-0.39, 0.29) is 31.4 Å². The molecule has 3 rings (SSSR count). The fourth-order valence-electron chi connectivity index (χ4n) is 1.38. The number of nitrogens with zero attached hydrogens (tertiary/aromatic N) is 4. The van der Waals surface area contributed by atoms with E-state index in [1.54, 1.807) is 18.3 Å². The van der Waals surface area contributed by atoms with Gasteiger partial charge in [-0.1, -0.05) is 19.6 Å². The van der Waals surface area contributed by atoms with Crippen LogP contribution in [0.4, 0.5) is 5.95 Å². The van der Waals surface area contributed by atoms with E-state index in [9.17, 15) is 4.79 Å². The van der Waals surface area contributed by atoms with Gasteiger partial charge in [0.1, 0.15) is 17.2 Å². The van der Waals surface area contributed by atoms with Crippen LogP contribution in [0, 0.1) is 5.41 Å². The number of hydrogen-bond donors (Lipinski definition) is 8. The van der Waals surface area contributed by atoms with Crippen LogP contribution in [0.3, 0.4) is 0 Å². The van der Waals surface area contributed by atoms with E-state index in [2.05, 4.69) is 25.1 Å². The molecule has 0 aromatic carbocycles. The summed E-state index contributed by atoms with van der Waals surface area (Å²) in [5.74, 6) is -0.135. The minimum atomic E-state index is -4.67. The number of pyridine rings is 2. The minimum absolute atomic E-state index is 0. The number of nitrogens with two attached hydrogens (primary N) is 3. The molecule has 3 heterocycles. The Labute approximate surface area is 183 Å². The highest BCUT2D eigenvalue weighted by molar-refractivity contribution is 7.79. The van der Waals surface area contributed by atoms with E-state index in [1.165, 1.54) is 12.3 Å². The smallest absolute Gasteiger partial charge is 0.394 e. The van der Waals surface area contributed by atoms with Crippen molar-refractivity contribution in [3.63, 3.8) is 0 Å². The molecular formula is C16H25N9O6S. The van der Waals surface area contributed by atoms with E-state index in [4.69, 9.17) is 45.2 Å². The van der Waals surface area contributed by atoms with Gasteiger partial charge in [-0.2, -0.15) is 13.4 Å². The number of carbonyl (C=O) groups is 1. The van der Waals surface area contributed by atoms with Crippen LogP contribution < -0.4 is 17.2 Å². The molecule has 0 aliphatic carbocycles. The number of nitrogens with one attached hydrogen (secondary N) is 2. The maximum atomic E-state index is 10.1. The minimum Gasteiger partial charge on any atom is -0.477 e. The van der Waals surface area contributed by atoms with Crippen LogP contribution in [0.1, 0.15) is 17.9 Å². The molecule has 3 aromatic rings. The van der Waals surface area contributed by atoms with Crippen molar-refractivity contribution in [2.45, 2.75) is 7.43 Å². The molecule has 0 atom stereocenters. The Hall–Kier alpha value is -3.99. The maximum absolute atomic E-state index is 10.1. The number of aromatic nitrogens is 5. The van der Waals surface area contributed by atoms with Crippen LogP contribution in [0.5, 0.6) is 0 Å². The Balaban J connectivity index is 0. The van der Waals surface area contributed by atoms with Crippen molar-refractivity contribution < 1.29 is 27.4 Å². The molecule has 0 spiro atoms. The molecule has 32 heavy (non-hydrogen) atoms. The molecule has 11 N–H and O–H groups in total. The van der Waals surface area contributed by atoms with Crippen LogP contribution >= 0.6 is 0 Å². The zero-order valence-corrected chi connectivity index (χ0v) is 16.6. The van der Waals surface area contributed by atoms with Gasteiger partial charge in [0.05, 0.1) is 6.54 Å². The van der Waals surface area contributed by atoms with Crippen molar-refractivity contribution in [2.75, 3.05) is 12.3 Å². The average molecular weight is 472 g/mol. The molecule has 0 unspecified atom stereocenters.